The van der Waals surface area contributed by atoms with Gasteiger partial charge in [0.1, 0.15) is 6.10 Å². The number of carbonyl (C=O) groups excluding carboxylic acids is 2. The Morgan fingerprint density at radius 1 is 1.30 bits per heavy atom. The minimum absolute atomic E-state index is 0.223. The van der Waals surface area contributed by atoms with E-state index in [0.29, 0.717) is 19.6 Å². The van der Waals surface area contributed by atoms with E-state index in [4.69, 9.17) is 15.2 Å². The van der Waals surface area contributed by atoms with Gasteiger partial charge in [-0.15, -0.1) is 0 Å². The third kappa shape index (κ3) is 3.71. The number of rotatable bonds is 5. The van der Waals surface area contributed by atoms with Crippen LogP contribution in [0.2, 0.25) is 0 Å². The van der Waals surface area contributed by atoms with Crippen LogP contribution in [0.1, 0.15) is 24.8 Å². The van der Waals surface area contributed by atoms with E-state index in [1.807, 2.05) is 24.3 Å². The monoisotopic (exact) mass is 316 g/mol. The summed E-state index contributed by atoms with van der Waals surface area (Å²) in [6.07, 6.45) is 3.01. The summed E-state index contributed by atoms with van der Waals surface area (Å²) in [6, 6.07) is 7.86. The molecule has 23 heavy (non-hydrogen) atoms. The minimum atomic E-state index is -0.381. The first kappa shape index (κ1) is 15.6. The Morgan fingerprint density at radius 3 is 2.74 bits per heavy atom. The fourth-order valence-electron chi connectivity index (χ4n) is 2.83. The first-order chi connectivity index (χ1) is 11.1. The number of ether oxygens (including phenoxy) is 2. The van der Waals surface area contributed by atoms with E-state index in [1.165, 1.54) is 5.57 Å². The molecule has 1 fully saturated rings. The largest absolute Gasteiger partial charge is 0.444 e. The molecule has 1 aromatic carbocycles. The molecule has 6 nitrogen and oxygen atoms in total. The van der Waals surface area contributed by atoms with Gasteiger partial charge < -0.3 is 15.2 Å². The first-order valence-electron chi connectivity index (χ1n) is 7.77. The highest BCUT2D eigenvalue weighted by molar-refractivity contribution is 5.90. The molecule has 6 heteroatoms. The van der Waals surface area contributed by atoms with Gasteiger partial charge in [0, 0.05) is 12.1 Å². The molecule has 2 aliphatic heterocycles. The van der Waals surface area contributed by atoms with Crippen LogP contribution in [0.25, 0.3) is 5.57 Å². The van der Waals surface area contributed by atoms with Crippen LogP contribution in [0, 0.1) is 0 Å². The van der Waals surface area contributed by atoms with Crippen LogP contribution in [0.5, 0.6) is 0 Å². The maximum atomic E-state index is 12.0. The summed E-state index contributed by atoms with van der Waals surface area (Å²) >= 11 is 0. The van der Waals surface area contributed by atoms with Crippen molar-refractivity contribution in [1.29, 1.82) is 0 Å². The zero-order valence-electron chi connectivity index (χ0n) is 12.9. The van der Waals surface area contributed by atoms with Crippen LogP contribution in [-0.4, -0.2) is 37.9 Å². The zero-order chi connectivity index (χ0) is 16.2. The van der Waals surface area contributed by atoms with Crippen molar-refractivity contribution >= 4 is 23.3 Å². The average Bonchev–Trinajstić information content (AvgIpc) is 2.95. The first-order valence-corrected chi connectivity index (χ1v) is 7.77. The molecular weight excluding hydrogens is 296 g/mol. The molecule has 1 aromatic rings. The Bertz CT molecular complexity index is 624. The van der Waals surface area contributed by atoms with Gasteiger partial charge in [-0.05, 0) is 36.1 Å². The van der Waals surface area contributed by atoms with Gasteiger partial charge in [0.2, 0.25) is 5.91 Å². The normalized spacial score (nSPS) is 21.0. The van der Waals surface area contributed by atoms with Crippen molar-refractivity contribution in [3.05, 3.63) is 35.9 Å². The van der Waals surface area contributed by atoms with Crippen molar-refractivity contribution in [3.8, 4) is 0 Å². The number of anilines is 1. The maximum absolute atomic E-state index is 12.0. The van der Waals surface area contributed by atoms with Crippen LogP contribution >= 0.6 is 0 Å². The summed E-state index contributed by atoms with van der Waals surface area (Å²) < 4.78 is 10.6. The summed E-state index contributed by atoms with van der Waals surface area (Å²) in [6.45, 7) is 1.84. The molecule has 0 radical (unpaired) electrons. The van der Waals surface area contributed by atoms with Gasteiger partial charge in [-0.25, -0.2) is 4.79 Å². The molecule has 0 aliphatic carbocycles. The molecule has 3 rings (SSSR count). The molecule has 0 unspecified atom stereocenters. The van der Waals surface area contributed by atoms with Crippen LogP contribution in [0.3, 0.4) is 0 Å². The van der Waals surface area contributed by atoms with Gasteiger partial charge in [-0.3, -0.25) is 9.69 Å². The van der Waals surface area contributed by atoms with Crippen LogP contribution in [0.15, 0.2) is 30.3 Å². The van der Waals surface area contributed by atoms with Crippen molar-refractivity contribution in [2.24, 2.45) is 5.73 Å². The fraction of sp³-hybridized carbons (Fsp3) is 0.412. The molecule has 122 valence electrons. The van der Waals surface area contributed by atoms with E-state index in [9.17, 15) is 9.59 Å². The fourth-order valence-corrected chi connectivity index (χ4v) is 2.83. The van der Waals surface area contributed by atoms with Crippen molar-refractivity contribution in [3.63, 3.8) is 0 Å². The van der Waals surface area contributed by atoms with E-state index < -0.39 is 0 Å². The number of primary amides is 1. The second-order valence-corrected chi connectivity index (χ2v) is 5.72. The number of nitrogens with zero attached hydrogens (tertiary/aromatic N) is 1. The SMILES string of the molecule is NC(=O)CC[C@H]1CN(c2ccc(C3=CCOCC3)cc2)C(=O)O1. The molecular formula is C17H20N2O4. The van der Waals surface area contributed by atoms with Crippen molar-refractivity contribution in [2.45, 2.75) is 25.4 Å². The van der Waals surface area contributed by atoms with Crippen molar-refractivity contribution in [2.75, 3.05) is 24.7 Å². The van der Waals surface area contributed by atoms with E-state index in [-0.39, 0.29) is 24.5 Å². The van der Waals surface area contributed by atoms with Gasteiger partial charge >= 0.3 is 6.09 Å². The molecule has 0 aromatic heterocycles. The number of cyclic esters (lactones) is 1. The summed E-state index contributed by atoms with van der Waals surface area (Å²) in [4.78, 5) is 24.4. The van der Waals surface area contributed by atoms with Gasteiger partial charge in [0.15, 0.2) is 0 Å². The Labute approximate surface area is 134 Å². The van der Waals surface area contributed by atoms with E-state index in [1.54, 1.807) is 4.90 Å². The Balaban J connectivity index is 1.66. The number of hydrogen-bond acceptors (Lipinski definition) is 4. The van der Waals surface area contributed by atoms with E-state index in [2.05, 4.69) is 6.08 Å². The lowest BCUT2D eigenvalue weighted by atomic mass is 10.0. The number of carbonyl (C=O) groups is 2. The van der Waals surface area contributed by atoms with Gasteiger partial charge in [0.25, 0.3) is 0 Å². The number of benzene rings is 1. The number of nitrogens with two attached hydrogens (primary N) is 1. The Morgan fingerprint density at radius 2 is 2.09 bits per heavy atom. The predicted octanol–water partition coefficient (Wildman–Crippen LogP) is 2.08. The Kier molecular flexibility index (Phi) is 4.62. The number of hydrogen-bond donors (Lipinski definition) is 1. The van der Waals surface area contributed by atoms with Crippen LogP contribution < -0.4 is 10.6 Å². The molecule has 1 saturated heterocycles. The molecule has 2 aliphatic rings. The molecule has 0 saturated carbocycles. The summed E-state index contributed by atoms with van der Waals surface area (Å²) in [5.74, 6) is -0.381. The predicted molar refractivity (Wildman–Crippen MR) is 85.9 cm³/mol. The highest BCUT2D eigenvalue weighted by atomic mass is 16.6. The van der Waals surface area contributed by atoms with E-state index in [0.717, 1.165) is 24.3 Å². The lowest BCUT2D eigenvalue weighted by molar-refractivity contribution is -0.118. The molecule has 2 N–H and O–H groups in total. The second kappa shape index (κ2) is 6.83. The highest BCUT2D eigenvalue weighted by Gasteiger charge is 2.32. The van der Waals surface area contributed by atoms with Crippen molar-refractivity contribution in [1.82, 2.24) is 0 Å². The summed E-state index contributed by atoms with van der Waals surface area (Å²) in [7, 11) is 0. The summed E-state index contributed by atoms with van der Waals surface area (Å²) in [5, 5.41) is 0. The number of amides is 2. The molecule has 1 atom stereocenters. The van der Waals surface area contributed by atoms with Crippen LogP contribution in [-0.2, 0) is 14.3 Å². The topological polar surface area (TPSA) is 81.9 Å². The van der Waals surface area contributed by atoms with Gasteiger partial charge in [-0.2, -0.15) is 0 Å². The van der Waals surface area contributed by atoms with Crippen LogP contribution in [0.4, 0.5) is 10.5 Å². The smallest absolute Gasteiger partial charge is 0.414 e. The third-order valence-corrected chi connectivity index (χ3v) is 4.10. The maximum Gasteiger partial charge on any atom is 0.414 e. The lowest BCUT2D eigenvalue weighted by Gasteiger charge is -2.16. The van der Waals surface area contributed by atoms with E-state index >= 15 is 0 Å². The zero-order valence-corrected chi connectivity index (χ0v) is 12.9. The minimum Gasteiger partial charge on any atom is -0.444 e. The third-order valence-electron chi connectivity index (χ3n) is 4.10. The molecule has 0 bridgehead atoms. The van der Waals surface area contributed by atoms with Gasteiger partial charge in [0.05, 0.1) is 19.8 Å². The quantitative estimate of drug-likeness (QED) is 0.901. The second-order valence-electron chi connectivity index (χ2n) is 5.72. The summed E-state index contributed by atoms with van der Waals surface area (Å²) in [5.41, 5.74) is 8.35. The standard InChI is InChI=1S/C17H20N2O4/c18-16(20)6-5-15-11-19(17(21)23-15)14-3-1-12(2-4-14)13-7-9-22-10-8-13/h1-4,7,15H,5-6,8-11H2,(H2,18,20)/t15-/m0/s1. The lowest BCUT2D eigenvalue weighted by Crippen LogP contribution is -2.24. The molecule has 0 spiro atoms. The van der Waals surface area contributed by atoms with Gasteiger partial charge in [-0.1, -0.05) is 18.2 Å². The average molecular weight is 316 g/mol. The Hall–Kier alpha value is -2.34. The van der Waals surface area contributed by atoms with Crippen molar-refractivity contribution < 1.29 is 19.1 Å². The molecule has 2 heterocycles. The molecule has 2 amide bonds. The highest BCUT2D eigenvalue weighted by Crippen LogP contribution is 2.27.